The molecule has 5 heteroatoms. The van der Waals surface area contributed by atoms with E-state index in [1.54, 1.807) is 6.92 Å². The molecule has 0 saturated heterocycles. The number of rotatable bonds is 7. The lowest BCUT2D eigenvalue weighted by molar-refractivity contribution is 0.197. The maximum absolute atomic E-state index is 6.01. The van der Waals surface area contributed by atoms with E-state index in [0.29, 0.717) is 5.75 Å². The zero-order valence-electron chi connectivity index (χ0n) is 14.0. The van der Waals surface area contributed by atoms with Crippen molar-refractivity contribution in [3.8, 4) is 16.4 Å². The van der Waals surface area contributed by atoms with Crippen molar-refractivity contribution in [3.63, 3.8) is 0 Å². The first-order valence-electron chi connectivity index (χ1n) is 8.27. The maximum Gasteiger partial charge on any atom is 0.201 e. The maximum atomic E-state index is 6.01. The van der Waals surface area contributed by atoms with Gasteiger partial charge < -0.3 is 9.15 Å². The molecule has 128 valence electrons. The number of aryl methyl sites for hydroxylation is 1. The van der Waals surface area contributed by atoms with E-state index in [0.717, 1.165) is 28.0 Å². The van der Waals surface area contributed by atoms with Gasteiger partial charge in [-0.25, -0.2) is 0 Å². The lowest BCUT2D eigenvalue weighted by atomic mass is 10.2. The van der Waals surface area contributed by atoms with Crippen LogP contribution in [0.15, 0.2) is 40.8 Å². The van der Waals surface area contributed by atoms with Crippen molar-refractivity contribution in [1.82, 2.24) is 0 Å². The SMILES string of the molecule is CCCCCc1ccc(-c2cc3ccc(OC(C)(N)S)cc3o2)s1. The van der Waals surface area contributed by atoms with Crippen LogP contribution in [0.2, 0.25) is 0 Å². The van der Waals surface area contributed by atoms with E-state index in [9.17, 15) is 0 Å². The third kappa shape index (κ3) is 4.35. The number of hydrogen-bond acceptors (Lipinski definition) is 5. The summed E-state index contributed by atoms with van der Waals surface area (Å²) in [5.74, 6) is 1.55. The first-order chi connectivity index (χ1) is 11.4. The molecule has 0 spiro atoms. The Balaban J connectivity index is 1.80. The fourth-order valence-electron chi connectivity index (χ4n) is 2.63. The average molecular weight is 362 g/mol. The Morgan fingerprint density at radius 3 is 2.79 bits per heavy atom. The second kappa shape index (κ2) is 7.21. The number of thiol groups is 1. The topological polar surface area (TPSA) is 48.4 Å². The Labute approximate surface area is 152 Å². The first-order valence-corrected chi connectivity index (χ1v) is 9.54. The second-order valence-electron chi connectivity index (χ2n) is 6.19. The van der Waals surface area contributed by atoms with Gasteiger partial charge >= 0.3 is 0 Å². The summed E-state index contributed by atoms with van der Waals surface area (Å²) in [6.45, 7) is 3.92. The highest BCUT2D eigenvalue weighted by molar-refractivity contribution is 7.81. The van der Waals surface area contributed by atoms with Gasteiger partial charge in [-0.2, -0.15) is 0 Å². The standard InChI is InChI=1S/C19H23NO2S2/c1-3-4-5-6-15-9-10-18(24-15)17-11-13-7-8-14(12-16(13)21-17)22-19(2,20)23/h7-12,23H,3-6,20H2,1-2H3. The van der Waals surface area contributed by atoms with Crippen molar-refractivity contribution in [3.05, 3.63) is 41.3 Å². The van der Waals surface area contributed by atoms with Crippen LogP contribution in [0.4, 0.5) is 0 Å². The summed E-state index contributed by atoms with van der Waals surface area (Å²) >= 11 is 6.00. The minimum absolute atomic E-state index is 0.648. The predicted molar refractivity (Wildman–Crippen MR) is 105 cm³/mol. The molecular weight excluding hydrogens is 338 g/mol. The van der Waals surface area contributed by atoms with Crippen molar-refractivity contribution in [2.75, 3.05) is 0 Å². The summed E-state index contributed by atoms with van der Waals surface area (Å²) in [5, 5.41) is 0.0423. The Kier molecular flexibility index (Phi) is 5.23. The molecule has 1 aromatic carbocycles. The smallest absolute Gasteiger partial charge is 0.201 e. The molecule has 2 aromatic heterocycles. The Morgan fingerprint density at radius 2 is 2.04 bits per heavy atom. The second-order valence-corrected chi connectivity index (χ2v) is 8.25. The fraction of sp³-hybridized carbons (Fsp3) is 0.368. The molecule has 3 aromatic rings. The molecule has 2 N–H and O–H groups in total. The van der Waals surface area contributed by atoms with Crippen molar-refractivity contribution >= 4 is 34.9 Å². The van der Waals surface area contributed by atoms with E-state index in [-0.39, 0.29) is 0 Å². The van der Waals surface area contributed by atoms with Crippen molar-refractivity contribution in [2.45, 2.75) is 44.6 Å². The molecule has 24 heavy (non-hydrogen) atoms. The molecule has 0 aliphatic heterocycles. The van der Waals surface area contributed by atoms with Crippen LogP contribution in [-0.2, 0) is 6.42 Å². The molecule has 1 atom stereocenters. The third-order valence-electron chi connectivity index (χ3n) is 3.75. The summed E-state index contributed by atoms with van der Waals surface area (Å²) in [4.78, 5) is 2.58. The minimum atomic E-state index is -1.01. The van der Waals surface area contributed by atoms with Crippen LogP contribution in [0, 0.1) is 0 Å². The summed E-state index contributed by atoms with van der Waals surface area (Å²) < 4.78 is 11.6. The van der Waals surface area contributed by atoms with E-state index in [4.69, 9.17) is 14.9 Å². The van der Waals surface area contributed by atoms with Gasteiger partial charge in [-0.3, -0.25) is 5.73 Å². The predicted octanol–water partition coefficient (Wildman–Crippen LogP) is 5.84. The molecule has 0 aliphatic carbocycles. The van der Waals surface area contributed by atoms with Gasteiger partial charge in [-0.05, 0) is 50.1 Å². The van der Waals surface area contributed by atoms with E-state index >= 15 is 0 Å². The molecule has 0 fully saturated rings. The highest BCUT2D eigenvalue weighted by Gasteiger charge is 2.15. The van der Waals surface area contributed by atoms with Crippen molar-refractivity contribution in [2.24, 2.45) is 5.73 Å². The molecule has 3 nitrogen and oxygen atoms in total. The number of benzene rings is 1. The number of furan rings is 1. The van der Waals surface area contributed by atoms with Crippen LogP contribution in [0.1, 0.15) is 38.0 Å². The van der Waals surface area contributed by atoms with Crippen LogP contribution < -0.4 is 10.5 Å². The van der Waals surface area contributed by atoms with Gasteiger partial charge in [0.05, 0.1) is 4.88 Å². The lowest BCUT2D eigenvalue weighted by Crippen LogP contribution is -2.35. The fourth-order valence-corrected chi connectivity index (χ4v) is 3.74. The third-order valence-corrected chi connectivity index (χ3v) is 5.00. The molecule has 0 saturated carbocycles. The largest absolute Gasteiger partial charge is 0.464 e. The summed E-state index contributed by atoms with van der Waals surface area (Å²) in [7, 11) is 0. The van der Waals surface area contributed by atoms with E-state index in [1.165, 1.54) is 24.1 Å². The number of unbranched alkanes of at least 4 members (excludes halogenated alkanes) is 2. The number of ether oxygens (including phenoxy) is 1. The van der Waals surface area contributed by atoms with E-state index in [2.05, 4.69) is 37.8 Å². The minimum Gasteiger partial charge on any atom is -0.464 e. The van der Waals surface area contributed by atoms with Crippen LogP contribution in [0.5, 0.6) is 5.75 Å². The number of fused-ring (bicyclic) bond motifs is 1. The lowest BCUT2D eigenvalue weighted by Gasteiger charge is -2.19. The number of thiophene rings is 1. The van der Waals surface area contributed by atoms with Crippen LogP contribution >= 0.6 is 24.0 Å². The molecular formula is C19H23NO2S2. The summed E-state index contributed by atoms with van der Waals surface area (Å²) in [6.07, 6.45) is 4.93. The van der Waals surface area contributed by atoms with Gasteiger partial charge in [0.15, 0.2) is 0 Å². The van der Waals surface area contributed by atoms with Crippen molar-refractivity contribution in [1.29, 1.82) is 0 Å². The quantitative estimate of drug-likeness (QED) is 0.316. The number of nitrogens with two attached hydrogens (primary N) is 1. The molecule has 0 radical (unpaired) electrons. The Morgan fingerprint density at radius 1 is 1.21 bits per heavy atom. The first kappa shape index (κ1) is 17.4. The van der Waals surface area contributed by atoms with E-state index < -0.39 is 5.06 Å². The zero-order valence-corrected chi connectivity index (χ0v) is 15.8. The van der Waals surface area contributed by atoms with Crippen LogP contribution in [0.25, 0.3) is 21.6 Å². The highest BCUT2D eigenvalue weighted by atomic mass is 32.1. The molecule has 2 heterocycles. The van der Waals surface area contributed by atoms with Crippen molar-refractivity contribution < 1.29 is 9.15 Å². The molecule has 1 unspecified atom stereocenters. The van der Waals surface area contributed by atoms with Gasteiger partial charge in [-0.15, -0.1) is 24.0 Å². The normalized spacial score (nSPS) is 14.0. The Bertz CT molecular complexity index is 814. The van der Waals surface area contributed by atoms with Gasteiger partial charge in [0.1, 0.15) is 17.1 Å². The van der Waals surface area contributed by atoms with Gasteiger partial charge in [0, 0.05) is 16.3 Å². The molecule has 0 amide bonds. The van der Waals surface area contributed by atoms with Gasteiger partial charge in [0.2, 0.25) is 5.06 Å². The van der Waals surface area contributed by atoms with Gasteiger partial charge in [-0.1, -0.05) is 19.8 Å². The zero-order chi connectivity index (χ0) is 17.2. The highest BCUT2D eigenvalue weighted by Crippen LogP contribution is 2.35. The monoisotopic (exact) mass is 361 g/mol. The Hall–Kier alpha value is -1.43. The van der Waals surface area contributed by atoms with E-state index in [1.807, 2.05) is 29.5 Å². The molecule has 0 bridgehead atoms. The molecule has 3 rings (SSSR count). The summed E-state index contributed by atoms with van der Waals surface area (Å²) in [5.41, 5.74) is 6.57. The van der Waals surface area contributed by atoms with Crippen LogP contribution in [-0.4, -0.2) is 5.06 Å². The number of hydrogen-bond donors (Lipinski definition) is 2. The molecule has 0 aliphatic rings. The summed E-state index contributed by atoms with van der Waals surface area (Å²) in [6, 6.07) is 12.1. The average Bonchev–Trinajstić information content (AvgIpc) is 3.11. The van der Waals surface area contributed by atoms with Gasteiger partial charge in [0.25, 0.3) is 0 Å². The van der Waals surface area contributed by atoms with Crippen LogP contribution in [0.3, 0.4) is 0 Å².